The van der Waals surface area contributed by atoms with E-state index in [1.807, 2.05) is 25.3 Å². The molecule has 0 unspecified atom stereocenters. The number of carbonyl (C=O) groups excluding carboxylic acids is 1. The second kappa shape index (κ2) is 8.29. The van der Waals surface area contributed by atoms with Gasteiger partial charge in [0, 0.05) is 34.8 Å². The molecule has 1 N–H and O–H groups in total. The summed E-state index contributed by atoms with van der Waals surface area (Å²) in [5.74, 6) is 2.70. The minimum absolute atomic E-state index is 0.0286. The van der Waals surface area contributed by atoms with E-state index in [4.69, 9.17) is 4.42 Å². The van der Waals surface area contributed by atoms with E-state index < -0.39 is 0 Å². The lowest BCUT2D eigenvalue weighted by Gasteiger charge is -2.32. The molecule has 1 amide bonds. The lowest BCUT2D eigenvalue weighted by Crippen LogP contribution is -2.38. The molecule has 5 heterocycles. The zero-order valence-electron chi connectivity index (χ0n) is 18.6. The molecule has 4 aromatic heterocycles. The minimum Gasteiger partial charge on any atom is -0.466 e. The number of hydrogen-bond acceptors (Lipinski definition) is 8. The quantitative estimate of drug-likeness (QED) is 0.427. The van der Waals surface area contributed by atoms with E-state index in [1.165, 1.54) is 21.8 Å². The summed E-state index contributed by atoms with van der Waals surface area (Å²) < 4.78 is 5.60. The Morgan fingerprint density at radius 1 is 1.19 bits per heavy atom. The van der Waals surface area contributed by atoms with E-state index in [1.54, 1.807) is 17.7 Å². The van der Waals surface area contributed by atoms with E-state index in [-0.39, 0.29) is 11.8 Å². The van der Waals surface area contributed by atoms with Crippen LogP contribution in [0.1, 0.15) is 34.8 Å². The van der Waals surface area contributed by atoms with Crippen molar-refractivity contribution in [1.29, 1.82) is 0 Å². The van der Waals surface area contributed by atoms with Crippen LogP contribution in [0.5, 0.6) is 0 Å². The first kappa shape index (κ1) is 21.1. The fourth-order valence-electron chi connectivity index (χ4n) is 4.30. The van der Waals surface area contributed by atoms with Crippen molar-refractivity contribution in [3.05, 3.63) is 39.7 Å². The van der Waals surface area contributed by atoms with Gasteiger partial charge in [0.05, 0.1) is 11.1 Å². The number of amides is 1. The number of nitrogens with one attached hydrogen (secondary N) is 1. The molecule has 5 rings (SSSR count). The number of rotatable bonds is 4. The van der Waals surface area contributed by atoms with Crippen molar-refractivity contribution in [1.82, 2.24) is 15.0 Å². The summed E-state index contributed by atoms with van der Waals surface area (Å²) in [6.45, 7) is 9.71. The van der Waals surface area contributed by atoms with Gasteiger partial charge in [-0.15, -0.1) is 22.7 Å². The van der Waals surface area contributed by atoms with E-state index in [0.29, 0.717) is 5.13 Å². The molecule has 1 saturated heterocycles. The fourth-order valence-corrected chi connectivity index (χ4v) is 6.01. The summed E-state index contributed by atoms with van der Waals surface area (Å²) in [6, 6.07) is 1.98. The Labute approximate surface area is 194 Å². The number of hydrogen-bond donors (Lipinski definition) is 1. The van der Waals surface area contributed by atoms with Gasteiger partial charge in [0.15, 0.2) is 5.13 Å². The number of nitrogens with zero attached hydrogens (tertiary/aromatic N) is 4. The summed E-state index contributed by atoms with van der Waals surface area (Å²) in [5, 5.41) is 6.76. The van der Waals surface area contributed by atoms with E-state index >= 15 is 0 Å². The average molecular weight is 468 g/mol. The molecule has 1 aliphatic rings. The standard InChI is InChI=1S/C23H25N5O2S2/c1-12-9-17(14(3)30-12)18-10-31-23(26-18)27-21(29)16-5-7-28(8-6-16)20-19-13(2)15(4)32-22(19)25-11-24-20/h9-11,16H,5-8H2,1-4H3,(H,26,27,29). The highest BCUT2D eigenvalue weighted by molar-refractivity contribution is 7.18. The van der Waals surface area contributed by atoms with Gasteiger partial charge in [0.1, 0.15) is 28.5 Å². The number of fused-ring (bicyclic) bond motifs is 1. The Bertz CT molecular complexity index is 1300. The van der Waals surface area contributed by atoms with Gasteiger partial charge in [-0.3, -0.25) is 4.79 Å². The third-order valence-electron chi connectivity index (χ3n) is 6.16. The molecule has 0 radical (unpaired) electrons. The molecule has 0 bridgehead atoms. The normalized spacial score (nSPS) is 14.9. The Kier molecular flexibility index (Phi) is 5.46. The summed E-state index contributed by atoms with van der Waals surface area (Å²) in [5.41, 5.74) is 3.06. The molecule has 32 heavy (non-hydrogen) atoms. The SMILES string of the molecule is Cc1cc(-c2csc(NC(=O)C3CCN(c4ncnc5sc(C)c(C)c45)CC3)n2)c(C)o1. The number of carbonyl (C=O) groups is 1. The molecule has 0 aliphatic carbocycles. The minimum atomic E-state index is -0.0286. The Morgan fingerprint density at radius 2 is 1.97 bits per heavy atom. The zero-order chi connectivity index (χ0) is 22.4. The molecule has 0 aromatic carbocycles. The van der Waals surface area contributed by atoms with Gasteiger partial charge in [0.2, 0.25) is 5.91 Å². The van der Waals surface area contributed by atoms with Gasteiger partial charge in [-0.1, -0.05) is 0 Å². The van der Waals surface area contributed by atoms with Crippen LogP contribution in [0, 0.1) is 33.6 Å². The van der Waals surface area contributed by atoms with Gasteiger partial charge in [-0.25, -0.2) is 15.0 Å². The number of aryl methyl sites for hydroxylation is 4. The van der Waals surface area contributed by atoms with Crippen molar-refractivity contribution in [2.24, 2.45) is 5.92 Å². The van der Waals surface area contributed by atoms with Crippen molar-refractivity contribution >= 4 is 49.7 Å². The van der Waals surface area contributed by atoms with Crippen LogP contribution in [0.15, 0.2) is 22.2 Å². The van der Waals surface area contributed by atoms with Crippen molar-refractivity contribution in [3.8, 4) is 11.3 Å². The predicted molar refractivity (Wildman–Crippen MR) is 130 cm³/mol. The predicted octanol–water partition coefficient (Wildman–Crippen LogP) is 5.50. The first-order valence-corrected chi connectivity index (χ1v) is 12.4. The van der Waals surface area contributed by atoms with Gasteiger partial charge < -0.3 is 14.6 Å². The number of thiazole rings is 1. The maximum atomic E-state index is 12.9. The summed E-state index contributed by atoms with van der Waals surface area (Å²) in [7, 11) is 0. The number of furan rings is 1. The highest BCUT2D eigenvalue weighted by Crippen LogP contribution is 2.36. The molecule has 1 aliphatic heterocycles. The smallest absolute Gasteiger partial charge is 0.229 e. The Hall–Kier alpha value is -2.78. The Morgan fingerprint density at radius 3 is 2.69 bits per heavy atom. The Balaban J connectivity index is 1.24. The topological polar surface area (TPSA) is 84.2 Å². The molecule has 1 fully saturated rings. The van der Waals surface area contributed by atoms with Crippen LogP contribution < -0.4 is 10.2 Å². The molecular weight excluding hydrogens is 442 g/mol. The summed E-state index contributed by atoms with van der Waals surface area (Å²) >= 11 is 3.16. The summed E-state index contributed by atoms with van der Waals surface area (Å²) in [4.78, 5) is 31.1. The lowest BCUT2D eigenvalue weighted by molar-refractivity contribution is -0.120. The molecule has 4 aromatic rings. The van der Waals surface area contributed by atoms with E-state index in [9.17, 15) is 4.79 Å². The highest BCUT2D eigenvalue weighted by atomic mass is 32.1. The van der Waals surface area contributed by atoms with Gasteiger partial charge >= 0.3 is 0 Å². The van der Waals surface area contributed by atoms with Crippen LogP contribution in [0.25, 0.3) is 21.5 Å². The van der Waals surface area contributed by atoms with Crippen LogP contribution >= 0.6 is 22.7 Å². The first-order valence-electron chi connectivity index (χ1n) is 10.7. The van der Waals surface area contributed by atoms with Crippen LogP contribution in [0.2, 0.25) is 0 Å². The number of piperidine rings is 1. The van der Waals surface area contributed by atoms with Crippen LogP contribution in [0.4, 0.5) is 10.9 Å². The molecular formula is C23H25N5O2S2. The first-order chi connectivity index (χ1) is 15.4. The summed E-state index contributed by atoms with van der Waals surface area (Å²) in [6.07, 6.45) is 3.23. The van der Waals surface area contributed by atoms with Crippen molar-refractivity contribution in [2.75, 3.05) is 23.3 Å². The van der Waals surface area contributed by atoms with E-state index in [2.05, 4.69) is 39.0 Å². The zero-order valence-corrected chi connectivity index (χ0v) is 20.2. The average Bonchev–Trinajstić information content (AvgIpc) is 3.45. The van der Waals surface area contributed by atoms with Crippen LogP contribution in [-0.4, -0.2) is 33.9 Å². The number of thiophene rings is 1. The number of aromatic nitrogens is 3. The highest BCUT2D eigenvalue weighted by Gasteiger charge is 2.28. The third-order valence-corrected chi connectivity index (χ3v) is 8.03. The molecule has 9 heteroatoms. The third kappa shape index (κ3) is 3.80. The van der Waals surface area contributed by atoms with Crippen molar-refractivity contribution in [2.45, 2.75) is 40.5 Å². The number of anilines is 2. The monoisotopic (exact) mass is 467 g/mol. The van der Waals surface area contributed by atoms with Crippen molar-refractivity contribution < 1.29 is 9.21 Å². The lowest BCUT2D eigenvalue weighted by atomic mass is 9.96. The second-order valence-corrected chi connectivity index (χ2v) is 10.3. The second-order valence-electron chi connectivity index (χ2n) is 8.28. The van der Waals surface area contributed by atoms with Crippen molar-refractivity contribution in [3.63, 3.8) is 0 Å². The fraction of sp³-hybridized carbons (Fsp3) is 0.391. The molecule has 0 spiro atoms. The van der Waals surface area contributed by atoms with Gasteiger partial charge in [0.25, 0.3) is 0 Å². The molecule has 0 atom stereocenters. The van der Waals surface area contributed by atoms with Gasteiger partial charge in [-0.2, -0.15) is 0 Å². The van der Waals surface area contributed by atoms with Crippen LogP contribution in [-0.2, 0) is 4.79 Å². The molecule has 7 nitrogen and oxygen atoms in total. The van der Waals surface area contributed by atoms with Gasteiger partial charge in [-0.05, 0) is 52.2 Å². The largest absolute Gasteiger partial charge is 0.466 e. The van der Waals surface area contributed by atoms with E-state index in [0.717, 1.165) is 64.7 Å². The molecule has 0 saturated carbocycles. The maximum absolute atomic E-state index is 12.9. The maximum Gasteiger partial charge on any atom is 0.229 e. The van der Waals surface area contributed by atoms with Crippen LogP contribution in [0.3, 0.4) is 0 Å². The molecule has 166 valence electrons.